The number of nitrogens with zero attached hydrogens (tertiary/aromatic N) is 1. The minimum atomic E-state index is -3.62. The lowest BCUT2D eigenvalue weighted by molar-refractivity contribution is 0.345. The van der Waals surface area contributed by atoms with Crippen LogP contribution in [0.5, 0.6) is 0 Å². The molecule has 1 aliphatic rings. The summed E-state index contributed by atoms with van der Waals surface area (Å²) < 4.78 is 57.5. The Morgan fingerprint density at radius 1 is 1.00 bits per heavy atom. The monoisotopic (exact) mass is 425 g/mol. The van der Waals surface area contributed by atoms with Gasteiger partial charge in [-0.2, -0.15) is 4.31 Å². The van der Waals surface area contributed by atoms with Crippen LogP contribution in [0, 0.1) is 0 Å². The average Bonchev–Trinajstić information content (AvgIpc) is 3.13. The van der Waals surface area contributed by atoms with E-state index in [0.29, 0.717) is 18.6 Å². The van der Waals surface area contributed by atoms with Gasteiger partial charge in [0.05, 0.1) is 16.4 Å². The lowest BCUT2D eigenvalue weighted by atomic mass is 9.87. The van der Waals surface area contributed by atoms with Crippen molar-refractivity contribution in [2.45, 2.75) is 54.9 Å². The Kier molecular flexibility index (Phi) is 5.76. The molecule has 1 aromatic carbocycles. The zero-order valence-electron chi connectivity index (χ0n) is 16.5. The Bertz CT molecular complexity index is 994. The molecule has 0 saturated carbocycles. The third-order valence-corrected chi connectivity index (χ3v) is 9.28. The maximum atomic E-state index is 12.9. The van der Waals surface area contributed by atoms with Gasteiger partial charge in [-0.15, -0.1) is 0 Å². The summed E-state index contributed by atoms with van der Waals surface area (Å²) in [5.74, 6) is 0.264. The fraction of sp³-hybridized carbons (Fsp3) is 0.500. The molecule has 8 heteroatoms. The normalized spacial score (nSPS) is 17.7. The van der Waals surface area contributed by atoms with Crippen molar-refractivity contribution in [2.24, 2.45) is 0 Å². The van der Waals surface area contributed by atoms with E-state index in [1.807, 2.05) is 12.1 Å². The van der Waals surface area contributed by atoms with E-state index in [9.17, 15) is 16.8 Å². The van der Waals surface area contributed by atoms with Crippen LogP contribution in [0.4, 0.5) is 0 Å². The molecule has 3 rings (SSSR count). The molecular weight excluding hydrogens is 398 g/mol. The van der Waals surface area contributed by atoms with E-state index < -0.39 is 25.1 Å². The van der Waals surface area contributed by atoms with Gasteiger partial charge in [0.2, 0.25) is 10.0 Å². The first-order valence-corrected chi connectivity index (χ1v) is 12.5. The molecule has 28 heavy (non-hydrogen) atoms. The lowest BCUT2D eigenvalue weighted by Crippen LogP contribution is -2.42. The van der Waals surface area contributed by atoms with Crippen LogP contribution in [-0.2, 0) is 31.0 Å². The first-order valence-electron chi connectivity index (χ1n) is 9.35. The van der Waals surface area contributed by atoms with E-state index in [-0.39, 0.29) is 29.2 Å². The molecule has 2 aromatic rings. The van der Waals surface area contributed by atoms with E-state index in [1.54, 1.807) is 24.3 Å². The van der Waals surface area contributed by atoms with Crippen molar-refractivity contribution in [3.05, 3.63) is 54.0 Å². The highest BCUT2D eigenvalue weighted by atomic mass is 32.2. The molecule has 154 valence electrons. The first-order chi connectivity index (χ1) is 13.0. The number of benzene rings is 1. The van der Waals surface area contributed by atoms with Crippen molar-refractivity contribution >= 4 is 19.9 Å². The average molecular weight is 426 g/mol. The van der Waals surface area contributed by atoms with Gasteiger partial charge in [0.15, 0.2) is 9.84 Å². The zero-order chi connectivity index (χ0) is 20.6. The van der Waals surface area contributed by atoms with Gasteiger partial charge < -0.3 is 4.42 Å². The summed E-state index contributed by atoms with van der Waals surface area (Å²) in [6.07, 6.45) is 2.04. The van der Waals surface area contributed by atoms with E-state index in [4.69, 9.17) is 4.42 Å². The second-order valence-electron chi connectivity index (χ2n) is 8.26. The van der Waals surface area contributed by atoms with Crippen molar-refractivity contribution in [1.82, 2.24) is 4.31 Å². The Labute approximate surface area is 167 Å². The fourth-order valence-corrected chi connectivity index (χ4v) is 6.61. The van der Waals surface area contributed by atoms with Crippen LogP contribution < -0.4 is 0 Å². The third kappa shape index (κ3) is 4.50. The number of piperidine rings is 1. The van der Waals surface area contributed by atoms with Crippen molar-refractivity contribution in [1.29, 1.82) is 0 Å². The number of sulfone groups is 1. The van der Waals surface area contributed by atoms with Crippen molar-refractivity contribution in [3.8, 4) is 0 Å². The van der Waals surface area contributed by atoms with Gasteiger partial charge in [-0.3, -0.25) is 0 Å². The van der Waals surface area contributed by atoms with Gasteiger partial charge in [0, 0.05) is 13.1 Å². The maximum Gasteiger partial charge on any atom is 0.243 e. The molecule has 2 heterocycles. The van der Waals surface area contributed by atoms with Gasteiger partial charge in [0.1, 0.15) is 11.5 Å². The van der Waals surface area contributed by atoms with E-state index in [0.717, 1.165) is 5.56 Å². The molecule has 0 amide bonds. The highest BCUT2D eigenvalue weighted by Crippen LogP contribution is 2.28. The number of hydrogen-bond acceptors (Lipinski definition) is 5. The van der Waals surface area contributed by atoms with Crippen molar-refractivity contribution in [3.63, 3.8) is 0 Å². The summed E-state index contributed by atoms with van der Waals surface area (Å²) in [7, 11) is -7.00. The van der Waals surface area contributed by atoms with E-state index in [2.05, 4.69) is 20.8 Å². The summed E-state index contributed by atoms with van der Waals surface area (Å²) in [6.45, 7) is 6.62. The van der Waals surface area contributed by atoms with Gasteiger partial charge in [0.25, 0.3) is 0 Å². The number of sulfonamides is 1. The summed E-state index contributed by atoms with van der Waals surface area (Å²) in [5.41, 5.74) is 1.01. The predicted molar refractivity (Wildman–Crippen MR) is 108 cm³/mol. The lowest BCUT2D eigenvalue weighted by Gasteiger charge is -2.31. The molecule has 1 saturated heterocycles. The Hall–Kier alpha value is -1.64. The molecule has 0 radical (unpaired) electrons. The molecule has 1 fully saturated rings. The van der Waals surface area contributed by atoms with Gasteiger partial charge >= 0.3 is 0 Å². The molecule has 1 aromatic heterocycles. The van der Waals surface area contributed by atoms with Crippen LogP contribution in [-0.4, -0.2) is 39.5 Å². The molecule has 1 aliphatic heterocycles. The minimum absolute atomic E-state index is 0.0526. The number of rotatable bonds is 5. The van der Waals surface area contributed by atoms with Crippen LogP contribution in [0.25, 0.3) is 0 Å². The van der Waals surface area contributed by atoms with Crippen LogP contribution in [0.15, 0.2) is 52.0 Å². The molecular formula is C20H27NO5S2. The molecule has 0 bridgehead atoms. The third-order valence-electron chi connectivity index (χ3n) is 5.19. The van der Waals surface area contributed by atoms with Crippen LogP contribution in [0.2, 0.25) is 0 Å². The SMILES string of the molecule is CC(C)(C)c1ccc(S(=O)(=O)N2CCC(S(=O)(=O)Cc3ccco3)CC2)cc1. The Morgan fingerprint density at radius 2 is 1.61 bits per heavy atom. The predicted octanol–water partition coefficient (Wildman–Crippen LogP) is 3.35. The summed E-state index contributed by atoms with van der Waals surface area (Å²) >= 11 is 0. The van der Waals surface area contributed by atoms with E-state index in [1.165, 1.54) is 10.6 Å². The van der Waals surface area contributed by atoms with Crippen LogP contribution >= 0.6 is 0 Å². The number of hydrogen-bond donors (Lipinski definition) is 0. The summed E-state index contributed by atoms with van der Waals surface area (Å²) in [5, 5.41) is -0.549. The smallest absolute Gasteiger partial charge is 0.243 e. The second kappa shape index (κ2) is 7.65. The molecule has 0 unspecified atom stereocenters. The summed E-state index contributed by atoms with van der Waals surface area (Å²) in [6, 6.07) is 10.2. The van der Waals surface area contributed by atoms with Gasteiger partial charge in [-0.1, -0.05) is 32.9 Å². The van der Waals surface area contributed by atoms with E-state index >= 15 is 0 Å². The van der Waals surface area contributed by atoms with Crippen molar-refractivity contribution < 1.29 is 21.3 Å². The Morgan fingerprint density at radius 3 is 2.11 bits per heavy atom. The molecule has 0 atom stereocenters. The molecule has 6 nitrogen and oxygen atoms in total. The fourth-order valence-electron chi connectivity index (χ4n) is 3.42. The first kappa shape index (κ1) is 21.1. The standard InChI is InChI=1S/C20H27NO5S2/c1-20(2,3)16-6-8-19(9-7-16)28(24,25)21-12-10-18(11-13-21)27(22,23)15-17-5-4-14-26-17/h4-9,14,18H,10-13,15H2,1-3H3. The van der Waals surface area contributed by atoms with Crippen LogP contribution in [0.1, 0.15) is 44.9 Å². The zero-order valence-corrected chi connectivity index (χ0v) is 18.1. The largest absolute Gasteiger partial charge is 0.468 e. The number of furan rings is 1. The minimum Gasteiger partial charge on any atom is -0.468 e. The van der Waals surface area contributed by atoms with Gasteiger partial charge in [-0.25, -0.2) is 16.8 Å². The maximum absolute atomic E-state index is 12.9. The quantitative estimate of drug-likeness (QED) is 0.733. The van der Waals surface area contributed by atoms with Crippen molar-refractivity contribution in [2.75, 3.05) is 13.1 Å². The molecule has 0 spiro atoms. The topological polar surface area (TPSA) is 84.7 Å². The molecule has 0 N–H and O–H groups in total. The highest BCUT2D eigenvalue weighted by Gasteiger charge is 2.35. The second-order valence-corrected chi connectivity index (χ2v) is 12.5. The van der Waals surface area contributed by atoms with Gasteiger partial charge in [-0.05, 0) is 48.1 Å². The highest BCUT2D eigenvalue weighted by molar-refractivity contribution is 7.91. The summed E-state index contributed by atoms with van der Waals surface area (Å²) in [4.78, 5) is 0.248. The van der Waals surface area contributed by atoms with Crippen LogP contribution in [0.3, 0.4) is 0 Å². The molecule has 0 aliphatic carbocycles. The Balaban J connectivity index is 1.68.